The zero-order valence-electron chi connectivity index (χ0n) is 62.0. The van der Waals surface area contributed by atoms with Gasteiger partial charge in [-0.1, -0.05) is 82.1 Å². The predicted molar refractivity (Wildman–Crippen MR) is 433 cm³/mol. The number of halogens is 2. The average Bonchev–Trinajstić information content (AvgIpc) is 1.76. The van der Waals surface area contributed by atoms with Gasteiger partial charge >= 0.3 is 47.9 Å². The SMILES string of the molecule is COc1cc(C(=O)O)nc2ccccc12.Cc1nn(C)c2sccc12.Cc1occc1C(=O)O.NS(=O)(=O)c1cc(C(=O)O)c(CCc2ccco2)cc1Cl.Nc1ccccc1C(=O)c1ccccc1C(=O)O.O=C(O)c1cc(-n2cccc2)ccc1O.O=C(O)c1cc(O)cc(Br)c1.O=C=O.O=Cc1cccn1-c1ccccc1C(=O)O. The number of sulfonamides is 1. The number of nitrogen functional groups attached to an aromatic ring is 1. The second-order valence-corrected chi connectivity index (χ2v) is 27.4. The van der Waals surface area contributed by atoms with Crippen LogP contribution in [0.2, 0.25) is 5.02 Å². The number of para-hydroxylation sites is 3. The van der Waals surface area contributed by atoms with Gasteiger partial charge in [-0.25, -0.2) is 52.1 Å². The Hall–Kier alpha value is -14.9. The molecular formula is C82H69BrClN7O25S2. The van der Waals surface area contributed by atoms with Crippen molar-refractivity contribution in [2.24, 2.45) is 12.2 Å². The maximum Gasteiger partial charge on any atom is 0.373 e. The summed E-state index contributed by atoms with van der Waals surface area (Å²) in [7, 11) is -0.593. The Labute approximate surface area is 686 Å². The summed E-state index contributed by atoms with van der Waals surface area (Å²) in [4.78, 5) is 120. The van der Waals surface area contributed by atoms with Crippen molar-refractivity contribution in [2.45, 2.75) is 31.6 Å². The molecule has 0 amide bonds. The average molecular weight is 1730 g/mol. The number of phenols is 2. The zero-order valence-corrected chi connectivity index (χ0v) is 66.0. The van der Waals surface area contributed by atoms with Crippen LogP contribution in [0.3, 0.4) is 0 Å². The fraction of sp³-hybridized carbons (Fsp3) is 0.0732. The summed E-state index contributed by atoms with van der Waals surface area (Å²) in [5, 5.41) is 93.5. The number of aromatic carboxylic acids is 7. The number of hydrogen-bond acceptors (Lipinski definition) is 22. The van der Waals surface area contributed by atoms with Crippen molar-refractivity contribution in [1.82, 2.24) is 23.9 Å². The molecule has 14 aromatic rings. The Kier molecular flexibility index (Phi) is 34.3. The number of aryl methyl sites for hydroxylation is 5. The number of thiophene rings is 1. The van der Waals surface area contributed by atoms with E-state index in [9.17, 15) is 61.8 Å². The van der Waals surface area contributed by atoms with E-state index in [1.807, 2.05) is 42.9 Å². The number of primary sulfonamides is 1. The molecule has 13 N–H and O–H groups in total. The van der Waals surface area contributed by atoms with Crippen LogP contribution in [0.15, 0.2) is 255 Å². The van der Waals surface area contributed by atoms with E-state index in [-0.39, 0.29) is 73.1 Å². The fourth-order valence-corrected chi connectivity index (χ4v) is 12.9. The van der Waals surface area contributed by atoms with Crippen LogP contribution in [0.5, 0.6) is 17.2 Å². The molecule has 0 unspecified atom stereocenters. The molecule has 0 spiro atoms. The number of furan rings is 2. The third-order valence-corrected chi connectivity index (χ3v) is 18.7. The molecule has 0 saturated carbocycles. The minimum Gasteiger partial charge on any atom is -0.508 e. The first-order valence-corrected chi connectivity index (χ1v) is 37.2. The third-order valence-electron chi connectivity index (χ3n) is 15.9. The van der Waals surface area contributed by atoms with Crippen molar-refractivity contribution < 1.29 is 121 Å². The Morgan fingerprint density at radius 1 is 0.602 bits per heavy atom. The van der Waals surface area contributed by atoms with Crippen molar-refractivity contribution >= 4 is 136 Å². The Morgan fingerprint density at radius 2 is 1.20 bits per heavy atom. The van der Waals surface area contributed by atoms with Gasteiger partial charge in [0.1, 0.15) is 49.6 Å². The molecular weight excluding hydrogens is 1660 g/mol. The summed E-state index contributed by atoms with van der Waals surface area (Å²) in [6.45, 7) is 3.65. The molecule has 0 bridgehead atoms. The lowest BCUT2D eigenvalue weighted by atomic mass is 9.97. The van der Waals surface area contributed by atoms with Crippen molar-refractivity contribution in [2.75, 3.05) is 12.8 Å². The van der Waals surface area contributed by atoms with Gasteiger partial charge in [-0.3, -0.25) is 14.3 Å². The molecule has 7 aromatic carbocycles. The van der Waals surface area contributed by atoms with Gasteiger partial charge in [0.2, 0.25) is 10.0 Å². The van der Waals surface area contributed by atoms with Crippen molar-refractivity contribution in [3.8, 4) is 28.6 Å². The number of fused-ring (bicyclic) bond motifs is 2. The highest BCUT2D eigenvalue weighted by molar-refractivity contribution is 9.10. The quantitative estimate of drug-likeness (QED) is 0.0229. The molecule has 36 heteroatoms. The summed E-state index contributed by atoms with van der Waals surface area (Å²) < 4.78 is 43.6. The van der Waals surface area contributed by atoms with E-state index in [2.05, 4.69) is 37.5 Å². The normalized spacial score (nSPS) is 10.1. The highest BCUT2D eigenvalue weighted by Gasteiger charge is 2.22. The maximum absolute atomic E-state index is 12.2. The van der Waals surface area contributed by atoms with Crippen LogP contribution in [0.4, 0.5) is 5.69 Å². The van der Waals surface area contributed by atoms with Gasteiger partial charge < -0.3 is 74.4 Å². The van der Waals surface area contributed by atoms with E-state index in [1.165, 1.54) is 96.6 Å². The number of nitrogens with two attached hydrogens (primary N) is 2. The summed E-state index contributed by atoms with van der Waals surface area (Å²) in [5.41, 5.74) is 10.5. The second-order valence-electron chi connectivity index (χ2n) is 23.6. The van der Waals surface area contributed by atoms with Gasteiger partial charge in [-0.15, -0.1) is 11.3 Å². The molecule has 0 radical (unpaired) electrons. The number of pyridine rings is 1. The molecule has 0 atom stereocenters. The van der Waals surface area contributed by atoms with E-state index in [0.717, 1.165) is 17.1 Å². The third kappa shape index (κ3) is 26.1. The van der Waals surface area contributed by atoms with E-state index < -0.39 is 56.7 Å². The topological polar surface area (TPSA) is 532 Å². The molecule has 0 aliphatic rings. The molecule has 0 aliphatic carbocycles. The molecule has 0 aliphatic heterocycles. The molecule has 14 rings (SSSR count). The van der Waals surface area contributed by atoms with Gasteiger partial charge in [0.05, 0.1) is 69.5 Å². The summed E-state index contributed by atoms with van der Waals surface area (Å²) in [6, 6.07) is 52.7. The first kappa shape index (κ1) is 92.0. The predicted octanol–water partition coefficient (Wildman–Crippen LogP) is 14.6. The summed E-state index contributed by atoms with van der Waals surface area (Å²) >= 11 is 10.7. The van der Waals surface area contributed by atoms with Crippen molar-refractivity contribution in [1.29, 1.82) is 0 Å². The van der Waals surface area contributed by atoms with Crippen LogP contribution in [-0.2, 0) is 39.5 Å². The molecule has 608 valence electrons. The Balaban J connectivity index is 0.000000211. The first-order chi connectivity index (χ1) is 56.0. The highest BCUT2D eigenvalue weighted by Crippen LogP contribution is 2.29. The van der Waals surface area contributed by atoms with Gasteiger partial charge in [0, 0.05) is 75.9 Å². The number of carbonyl (C=O) groups is 9. The standard InChI is InChI=1S/C14H11NO3.C13H12ClNO5S.C12H9NO3.2C11H9NO3.C7H5BrO3.C7H8N2S.C6H6O3.CO2/c15-12-8-4-3-7-11(12)13(16)9-5-1-2-6-10(9)14(17)18;14-11-6-8(3-4-9-2-1-5-20-9)10(13(16)17)7-12(11)21(15,18)19;14-8-9-4-3-7-13(9)11-6-2-1-5-10(11)12(15)16;1-15-10-6-9(11(13)14)12-8-5-3-2-4-7(8)10;13-10-4-3-8(7-9(10)11(14)15)12-5-1-2-6-12;8-5-1-4(7(10)11)2-6(9)3-5;1-5-6-3-4-10-7(6)9(2)8-5;1-4-5(6(7)8)2-3-9-4;2-1-3/h1-8H,15H2,(H,17,18);1-2,5-7H,3-4H2,(H,16,17)(H2,15,18,19);1-8H,(H,15,16);2-6H,1H3,(H,13,14);1-7,13H,(H,14,15);1-3,9H,(H,10,11);3-4H,1-2H3;2-3H,1H3,(H,7,8);. The monoisotopic (exact) mass is 1730 g/mol. The minimum absolute atomic E-state index is 0.00875. The molecule has 118 heavy (non-hydrogen) atoms. The number of nitrogens with zero attached hydrogens (tertiary/aromatic N) is 5. The number of anilines is 1. The molecule has 0 fully saturated rings. The van der Waals surface area contributed by atoms with E-state index >= 15 is 0 Å². The Bertz CT molecular complexity index is 6020. The number of ether oxygens (including phenoxy) is 1. The van der Waals surface area contributed by atoms with Crippen LogP contribution < -0.4 is 15.6 Å². The van der Waals surface area contributed by atoms with E-state index in [4.69, 9.17) is 81.4 Å². The van der Waals surface area contributed by atoms with Crippen LogP contribution in [0.1, 0.15) is 122 Å². The fourth-order valence-electron chi connectivity index (χ4n) is 10.5. The number of aldehydes is 1. The molecule has 32 nitrogen and oxygen atoms in total. The Morgan fingerprint density at radius 3 is 1.75 bits per heavy atom. The number of benzene rings is 7. The van der Waals surface area contributed by atoms with Crippen LogP contribution in [0, 0.1) is 13.8 Å². The first-order valence-electron chi connectivity index (χ1n) is 33.6. The minimum atomic E-state index is -4.08. The second kappa shape index (κ2) is 44.0. The number of rotatable bonds is 17. The van der Waals surface area contributed by atoms with Crippen molar-refractivity contribution in [3.05, 3.63) is 325 Å². The summed E-state index contributed by atoms with van der Waals surface area (Å²) in [5.74, 6) is -6.58. The molecule has 0 saturated heterocycles. The lowest BCUT2D eigenvalue weighted by Gasteiger charge is -2.09. The van der Waals surface area contributed by atoms with Gasteiger partial charge in [-0.2, -0.15) is 14.7 Å². The lowest BCUT2D eigenvalue weighted by molar-refractivity contribution is -0.191. The zero-order chi connectivity index (χ0) is 87.1. The van der Waals surface area contributed by atoms with E-state index in [1.54, 1.807) is 143 Å². The van der Waals surface area contributed by atoms with E-state index in [0.29, 0.717) is 80.3 Å². The van der Waals surface area contributed by atoms with Gasteiger partial charge in [0.15, 0.2) is 17.8 Å². The lowest BCUT2D eigenvalue weighted by Crippen LogP contribution is -2.15. The van der Waals surface area contributed by atoms with Crippen LogP contribution in [-0.4, -0.2) is 145 Å². The molecule has 7 aromatic heterocycles. The summed E-state index contributed by atoms with van der Waals surface area (Å²) in [6.07, 6.45) is 9.90. The van der Waals surface area contributed by atoms with Crippen LogP contribution in [0.25, 0.3) is 32.5 Å². The van der Waals surface area contributed by atoms with Gasteiger partial charge in [-0.05, 0) is 171 Å². The number of aromatic nitrogens is 5. The highest BCUT2D eigenvalue weighted by atomic mass is 79.9. The number of hydrogen-bond donors (Lipinski definition) is 11. The van der Waals surface area contributed by atoms with Crippen LogP contribution >= 0.6 is 38.9 Å². The molecule has 7 heterocycles. The smallest absolute Gasteiger partial charge is 0.373 e. The number of carboxylic acids is 7. The number of phenolic OH excluding ortho intramolecular Hbond substituents is 1. The van der Waals surface area contributed by atoms with Crippen molar-refractivity contribution in [3.63, 3.8) is 0 Å². The number of ketones is 1. The maximum atomic E-state index is 12.2. The number of carboxylic acid groups (broad SMARTS) is 7. The number of aromatic hydroxyl groups is 2. The number of carbonyl (C=O) groups excluding carboxylic acids is 4. The van der Waals surface area contributed by atoms with Gasteiger partial charge in [0.25, 0.3) is 0 Å². The number of methoxy groups -OCH3 is 1. The largest absolute Gasteiger partial charge is 0.508 e.